The molecule has 0 spiro atoms. The van der Waals surface area contributed by atoms with E-state index in [2.05, 4.69) is 20.7 Å². The number of benzene rings is 1. The van der Waals surface area contributed by atoms with Crippen LogP contribution < -0.4 is 5.32 Å². The van der Waals surface area contributed by atoms with Crippen LogP contribution in [0.1, 0.15) is 11.1 Å². The summed E-state index contributed by atoms with van der Waals surface area (Å²) in [4.78, 5) is 12.9. The molecule has 0 bridgehead atoms. The summed E-state index contributed by atoms with van der Waals surface area (Å²) in [6.45, 7) is 0. The Bertz CT molecular complexity index is 595. The molecule has 0 saturated carbocycles. The Morgan fingerprint density at radius 2 is 2.17 bits per heavy atom. The van der Waals surface area contributed by atoms with Gasteiger partial charge in [0.1, 0.15) is 0 Å². The smallest absolute Gasteiger partial charge is 0.270 e. The maximum absolute atomic E-state index is 11.7. The van der Waals surface area contributed by atoms with Gasteiger partial charge in [0, 0.05) is 0 Å². The van der Waals surface area contributed by atoms with E-state index in [-0.39, 0.29) is 18.3 Å². The predicted molar refractivity (Wildman–Crippen MR) is 62.3 cm³/mol. The van der Waals surface area contributed by atoms with Gasteiger partial charge in [-0.2, -0.15) is 10.1 Å². The fourth-order valence-corrected chi connectivity index (χ4v) is 1.39. The maximum atomic E-state index is 11.7. The number of tetrazole rings is 1. The summed E-state index contributed by atoms with van der Waals surface area (Å²) >= 11 is 0. The number of aryl methyl sites for hydroxylation is 1. The van der Waals surface area contributed by atoms with Crippen LogP contribution in [0, 0.1) is 11.3 Å². The first-order valence-electron chi connectivity index (χ1n) is 5.20. The molecule has 1 aromatic heterocycles. The number of hydrogen-bond acceptors (Lipinski definition) is 5. The monoisotopic (exact) mass is 242 g/mol. The van der Waals surface area contributed by atoms with Gasteiger partial charge in [-0.1, -0.05) is 17.2 Å². The van der Waals surface area contributed by atoms with Crippen molar-refractivity contribution in [1.82, 2.24) is 20.2 Å². The average Bonchev–Trinajstić information content (AvgIpc) is 2.75. The van der Waals surface area contributed by atoms with Crippen molar-refractivity contribution in [2.75, 3.05) is 5.32 Å². The second-order valence-electron chi connectivity index (χ2n) is 3.64. The molecule has 1 N–H and O–H groups in total. The molecule has 2 rings (SSSR count). The predicted octanol–water partition coefficient (Wildman–Crippen LogP) is 0.263. The third-order valence-corrected chi connectivity index (χ3v) is 2.21. The highest BCUT2D eigenvalue weighted by Crippen LogP contribution is 2.05. The Morgan fingerprint density at radius 3 is 2.72 bits per heavy atom. The van der Waals surface area contributed by atoms with Crippen LogP contribution in [0.3, 0.4) is 0 Å². The molecule has 1 aromatic carbocycles. The number of carbonyl (C=O) groups is 1. The summed E-state index contributed by atoms with van der Waals surface area (Å²) in [6, 6.07) is 8.83. The molecule has 0 aliphatic rings. The SMILES string of the molecule is Cn1nnc(NC(=O)Cc2ccc(C#N)cc2)n1. The molecule has 7 nitrogen and oxygen atoms in total. The van der Waals surface area contributed by atoms with Gasteiger partial charge in [0.05, 0.1) is 25.1 Å². The molecule has 0 fully saturated rings. The molecule has 18 heavy (non-hydrogen) atoms. The highest BCUT2D eigenvalue weighted by atomic mass is 16.1. The minimum atomic E-state index is -0.229. The van der Waals surface area contributed by atoms with Gasteiger partial charge < -0.3 is 0 Å². The normalized spacial score (nSPS) is 9.78. The number of aromatic nitrogens is 4. The van der Waals surface area contributed by atoms with E-state index in [4.69, 9.17) is 5.26 Å². The van der Waals surface area contributed by atoms with Gasteiger partial charge >= 0.3 is 0 Å². The Hall–Kier alpha value is -2.75. The zero-order valence-corrected chi connectivity index (χ0v) is 9.66. The maximum Gasteiger partial charge on any atom is 0.270 e. The number of nitrogens with one attached hydrogen (secondary N) is 1. The summed E-state index contributed by atoms with van der Waals surface area (Å²) in [6.07, 6.45) is 0.198. The van der Waals surface area contributed by atoms with E-state index in [1.807, 2.05) is 6.07 Å². The number of rotatable bonds is 3. The van der Waals surface area contributed by atoms with Gasteiger partial charge in [-0.05, 0) is 22.9 Å². The highest BCUT2D eigenvalue weighted by molar-refractivity contribution is 5.90. The summed E-state index contributed by atoms with van der Waals surface area (Å²) in [7, 11) is 1.61. The highest BCUT2D eigenvalue weighted by Gasteiger charge is 2.07. The molecule has 0 saturated heterocycles. The van der Waals surface area contributed by atoms with Crippen molar-refractivity contribution in [2.45, 2.75) is 6.42 Å². The molecule has 0 unspecified atom stereocenters. The van der Waals surface area contributed by atoms with E-state index >= 15 is 0 Å². The number of nitrogens with zero attached hydrogens (tertiary/aromatic N) is 5. The van der Waals surface area contributed by atoms with Crippen LogP contribution in [-0.2, 0) is 18.3 Å². The first kappa shape index (κ1) is 11.7. The van der Waals surface area contributed by atoms with Crippen molar-refractivity contribution >= 4 is 11.9 Å². The second-order valence-corrected chi connectivity index (χ2v) is 3.64. The van der Waals surface area contributed by atoms with E-state index in [0.717, 1.165) is 5.56 Å². The van der Waals surface area contributed by atoms with Crippen LogP contribution in [0.15, 0.2) is 24.3 Å². The number of carbonyl (C=O) groups excluding carboxylic acids is 1. The summed E-state index contributed by atoms with van der Waals surface area (Å²) in [5.41, 5.74) is 1.38. The summed E-state index contributed by atoms with van der Waals surface area (Å²) in [5, 5.41) is 22.3. The molecule has 1 amide bonds. The zero-order valence-electron chi connectivity index (χ0n) is 9.66. The number of hydrogen-bond donors (Lipinski definition) is 1. The lowest BCUT2D eigenvalue weighted by atomic mass is 10.1. The standard InChI is InChI=1S/C11H10N6O/c1-17-15-11(14-16-17)13-10(18)6-8-2-4-9(7-12)5-3-8/h2-5H,6H2,1H3,(H,13,15,18). The minimum Gasteiger partial charge on any atom is -0.292 e. The summed E-state index contributed by atoms with van der Waals surface area (Å²) in [5.74, 6) is -0.0520. The fraction of sp³-hybridized carbons (Fsp3) is 0.182. The molecule has 90 valence electrons. The van der Waals surface area contributed by atoms with E-state index in [1.54, 1.807) is 31.3 Å². The number of nitriles is 1. The lowest BCUT2D eigenvalue weighted by Crippen LogP contribution is -2.15. The van der Waals surface area contributed by atoms with E-state index in [1.165, 1.54) is 4.80 Å². The van der Waals surface area contributed by atoms with Crippen LogP contribution in [0.2, 0.25) is 0 Å². The van der Waals surface area contributed by atoms with E-state index < -0.39 is 0 Å². The van der Waals surface area contributed by atoms with Gasteiger partial charge in [-0.3, -0.25) is 10.1 Å². The van der Waals surface area contributed by atoms with Gasteiger partial charge in [0.2, 0.25) is 5.91 Å². The van der Waals surface area contributed by atoms with Crippen LogP contribution in [-0.4, -0.2) is 26.1 Å². The van der Waals surface area contributed by atoms with Crippen molar-refractivity contribution in [2.24, 2.45) is 7.05 Å². The first-order chi connectivity index (χ1) is 8.67. The lowest BCUT2D eigenvalue weighted by molar-refractivity contribution is -0.115. The molecular weight excluding hydrogens is 232 g/mol. The Labute approximate surface area is 103 Å². The fourth-order valence-electron chi connectivity index (χ4n) is 1.39. The zero-order chi connectivity index (χ0) is 13.0. The Morgan fingerprint density at radius 1 is 1.44 bits per heavy atom. The van der Waals surface area contributed by atoms with Crippen LogP contribution in [0.4, 0.5) is 5.95 Å². The van der Waals surface area contributed by atoms with Crippen LogP contribution in [0.5, 0.6) is 0 Å². The van der Waals surface area contributed by atoms with E-state index in [9.17, 15) is 4.79 Å². The Balaban J connectivity index is 1.96. The van der Waals surface area contributed by atoms with Crippen molar-refractivity contribution in [3.63, 3.8) is 0 Å². The average molecular weight is 242 g/mol. The minimum absolute atomic E-state index is 0.177. The first-order valence-corrected chi connectivity index (χ1v) is 5.20. The van der Waals surface area contributed by atoms with Crippen molar-refractivity contribution < 1.29 is 4.79 Å². The molecule has 0 aliphatic carbocycles. The van der Waals surface area contributed by atoms with Crippen LogP contribution in [0.25, 0.3) is 0 Å². The third-order valence-electron chi connectivity index (χ3n) is 2.21. The molecular formula is C11H10N6O. The largest absolute Gasteiger partial charge is 0.292 e. The second kappa shape index (κ2) is 5.05. The number of anilines is 1. The van der Waals surface area contributed by atoms with Gasteiger partial charge in [-0.15, -0.1) is 5.10 Å². The lowest BCUT2D eigenvalue weighted by Gasteiger charge is -2.00. The van der Waals surface area contributed by atoms with Gasteiger partial charge in [0.15, 0.2) is 0 Å². The number of amides is 1. The molecule has 7 heteroatoms. The van der Waals surface area contributed by atoms with Gasteiger partial charge in [-0.25, -0.2) is 0 Å². The molecule has 0 aliphatic heterocycles. The van der Waals surface area contributed by atoms with Crippen molar-refractivity contribution in [3.05, 3.63) is 35.4 Å². The van der Waals surface area contributed by atoms with Crippen molar-refractivity contribution in [3.8, 4) is 6.07 Å². The topological polar surface area (TPSA) is 96.5 Å². The molecule has 2 aromatic rings. The third kappa shape index (κ3) is 2.89. The van der Waals surface area contributed by atoms with Crippen LogP contribution >= 0.6 is 0 Å². The molecule has 0 atom stereocenters. The molecule has 0 radical (unpaired) electrons. The van der Waals surface area contributed by atoms with Gasteiger partial charge in [0.25, 0.3) is 5.95 Å². The quantitative estimate of drug-likeness (QED) is 0.832. The van der Waals surface area contributed by atoms with E-state index in [0.29, 0.717) is 5.56 Å². The molecule has 1 heterocycles. The summed E-state index contributed by atoms with van der Waals surface area (Å²) < 4.78 is 0. The van der Waals surface area contributed by atoms with Crippen molar-refractivity contribution in [1.29, 1.82) is 5.26 Å². The Kier molecular flexibility index (Phi) is 3.29.